The van der Waals surface area contributed by atoms with Crippen LogP contribution in [0.2, 0.25) is 10.0 Å². The zero-order valence-corrected chi connectivity index (χ0v) is 17.7. The number of nitrogens with zero attached hydrogens (tertiary/aromatic N) is 3. The highest BCUT2D eigenvalue weighted by atomic mass is 35.5. The van der Waals surface area contributed by atoms with Crippen molar-refractivity contribution in [2.75, 3.05) is 0 Å². The Morgan fingerprint density at radius 3 is 2.77 bits per heavy atom. The first-order chi connectivity index (χ1) is 14.8. The second-order valence-corrected chi connectivity index (χ2v) is 7.12. The van der Waals surface area contributed by atoms with E-state index >= 15 is 4.39 Å². The second-order valence-electron chi connectivity index (χ2n) is 6.28. The molecule has 0 aliphatic rings. The maximum absolute atomic E-state index is 15.2. The monoisotopic (exact) mass is 460 g/mol. The normalized spacial score (nSPS) is 11.1. The summed E-state index contributed by atoms with van der Waals surface area (Å²) < 4.78 is 31.2. The molecule has 0 radical (unpaired) electrons. The zero-order chi connectivity index (χ0) is 22.5. The van der Waals surface area contributed by atoms with Crippen LogP contribution in [0.5, 0.6) is 11.5 Å². The van der Waals surface area contributed by atoms with E-state index in [1.165, 1.54) is 36.6 Å². The number of benzene rings is 2. The van der Waals surface area contributed by atoms with Crippen LogP contribution in [0.4, 0.5) is 4.39 Å². The van der Waals surface area contributed by atoms with Crippen molar-refractivity contribution in [2.45, 2.75) is 13.3 Å². The molecule has 0 bridgehead atoms. The predicted molar refractivity (Wildman–Crippen MR) is 114 cm³/mol. The number of hydrogen-bond acceptors (Lipinski definition) is 7. The average Bonchev–Trinajstić information content (AvgIpc) is 3.18. The lowest BCUT2D eigenvalue weighted by atomic mass is 10.1. The Hall–Kier alpha value is -3.54. The molecule has 0 amide bonds. The van der Waals surface area contributed by atoms with Gasteiger partial charge >= 0.3 is 0 Å². The molecular formula is C21H15Cl2FN4O3. The molecule has 158 valence electrons. The highest BCUT2D eigenvalue weighted by Crippen LogP contribution is 2.35. The molecule has 10 heteroatoms. The molecule has 0 aliphatic heterocycles. The molecule has 0 saturated carbocycles. The summed E-state index contributed by atoms with van der Waals surface area (Å²) in [5, 5.41) is 16.7. The summed E-state index contributed by atoms with van der Waals surface area (Å²) in [5.74, 6) is 4.76. The van der Waals surface area contributed by atoms with Crippen LogP contribution in [0, 0.1) is 24.1 Å². The van der Waals surface area contributed by atoms with Gasteiger partial charge in [-0.05, 0) is 31.2 Å². The molecule has 0 unspecified atom stereocenters. The van der Waals surface area contributed by atoms with E-state index in [1.807, 2.05) is 6.07 Å². The van der Waals surface area contributed by atoms with E-state index in [1.54, 1.807) is 6.92 Å². The van der Waals surface area contributed by atoms with E-state index in [9.17, 15) is 0 Å². The Labute approximate surface area is 187 Å². The first-order valence-corrected chi connectivity index (χ1v) is 9.48. The van der Waals surface area contributed by atoms with Gasteiger partial charge in [0.05, 0.1) is 34.3 Å². The minimum absolute atomic E-state index is 0.00713. The van der Waals surface area contributed by atoms with E-state index in [4.69, 9.17) is 48.3 Å². The van der Waals surface area contributed by atoms with Gasteiger partial charge in [0.2, 0.25) is 5.90 Å². The average molecular weight is 461 g/mol. The third-order valence-electron chi connectivity index (χ3n) is 4.13. The van der Waals surface area contributed by atoms with Crippen LogP contribution >= 0.6 is 23.2 Å². The Balaban J connectivity index is 1.84. The largest absolute Gasteiger partial charge is 0.453 e. The molecule has 0 fully saturated rings. The van der Waals surface area contributed by atoms with Crippen LogP contribution in [0.1, 0.15) is 22.4 Å². The lowest BCUT2D eigenvalue weighted by Crippen LogP contribution is -2.12. The first-order valence-electron chi connectivity index (χ1n) is 8.72. The van der Waals surface area contributed by atoms with E-state index in [0.29, 0.717) is 11.3 Å². The van der Waals surface area contributed by atoms with Gasteiger partial charge in [-0.15, -0.1) is 5.10 Å². The fraction of sp³-hybridized carbons (Fsp3) is 0.0952. The summed E-state index contributed by atoms with van der Waals surface area (Å²) in [6, 6.07) is 9.15. The van der Waals surface area contributed by atoms with Crippen molar-refractivity contribution in [2.24, 2.45) is 10.9 Å². The number of hydrazone groups is 1. The van der Waals surface area contributed by atoms with Crippen LogP contribution < -0.4 is 10.6 Å². The fourth-order valence-electron chi connectivity index (χ4n) is 2.64. The van der Waals surface area contributed by atoms with Crippen molar-refractivity contribution in [3.63, 3.8) is 0 Å². The smallest absolute Gasteiger partial charge is 0.216 e. The van der Waals surface area contributed by atoms with Gasteiger partial charge in [-0.1, -0.05) is 41.0 Å². The van der Waals surface area contributed by atoms with E-state index in [2.05, 4.69) is 16.8 Å². The lowest BCUT2D eigenvalue weighted by Gasteiger charge is -2.14. The van der Waals surface area contributed by atoms with Crippen molar-refractivity contribution in [1.82, 2.24) is 5.16 Å². The Morgan fingerprint density at radius 1 is 1.35 bits per heavy atom. The summed E-state index contributed by atoms with van der Waals surface area (Å²) in [6.45, 7) is 5.50. The highest BCUT2D eigenvalue weighted by Gasteiger charge is 2.19. The van der Waals surface area contributed by atoms with Crippen LogP contribution in [-0.4, -0.2) is 11.1 Å². The van der Waals surface area contributed by atoms with Gasteiger partial charge in [-0.3, -0.25) is 0 Å². The van der Waals surface area contributed by atoms with Gasteiger partial charge in [-0.25, -0.2) is 4.39 Å². The summed E-state index contributed by atoms with van der Waals surface area (Å²) >= 11 is 12.1. The molecule has 2 N–H and O–H groups in total. The van der Waals surface area contributed by atoms with E-state index < -0.39 is 5.82 Å². The van der Waals surface area contributed by atoms with Crippen LogP contribution in [0.15, 0.2) is 52.8 Å². The first kappa shape index (κ1) is 22.2. The highest BCUT2D eigenvalue weighted by molar-refractivity contribution is 6.32. The van der Waals surface area contributed by atoms with Gasteiger partial charge in [0.15, 0.2) is 11.6 Å². The number of rotatable bonds is 6. The van der Waals surface area contributed by atoms with Gasteiger partial charge in [-0.2, -0.15) is 5.26 Å². The number of nitriles is 1. The van der Waals surface area contributed by atoms with Crippen molar-refractivity contribution < 1.29 is 18.4 Å². The Kier molecular flexibility index (Phi) is 6.80. The Bertz CT molecular complexity index is 1220. The molecule has 3 aromatic rings. The van der Waals surface area contributed by atoms with Crippen LogP contribution in [0.25, 0.3) is 5.76 Å². The minimum atomic E-state index is -0.748. The fourth-order valence-corrected chi connectivity index (χ4v) is 3.05. The maximum atomic E-state index is 15.2. The number of hydrogen-bond donors (Lipinski definition) is 1. The number of ether oxygens (including phenoxy) is 2. The van der Waals surface area contributed by atoms with Crippen molar-refractivity contribution in [3.8, 4) is 17.6 Å². The lowest BCUT2D eigenvalue weighted by molar-refractivity contribution is 0.414. The third-order valence-corrected chi connectivity index (χ3v) is 4.64. The minimum Gasteiger partial charge on any atom is -0.453 e. The van der Waals surface area contributed by atoms with Gasteiger partial charge in [0.25, 0.3) is 0 Å². The van der Waals surface area contributed by atoms with E-state index in [-0.39, 0.29) is 50.7 Å². The Morgan fingerprint density at radius 2 is 2.13 bits per heavy atom. The molecule has 0 spiro atoms. The van der Waals surface area contributed by atoms with Crippen molar-refractivity contribution >= 4 is 34.9 Å². The molecular weight excluding hydrogens is 446 g/mol. The molecule has 31 heavy (non-hydrogen) atoms. The molecule has 0 aliphatic carbocycles. The van der Waals surface area contributed by atoms with Gasteiger partial charge in [0, 0.05) is 10.6 Å². The molecule has 2 aromatic carbocycles. The van der Waals surface area contributed by atoms with Crippen molar-refractivity contribution in [1.29, 1.82) is 5.26 Å². The third kappa shape index (κ3) is 5.15. The summed E-state index contributed by atoms with van der Waals surface area (Å²) in [4.78, 5) is 0. The molecule has 3 rings (SSSR count). The van der Waals surface area contributed by atoms with Gasteiger partial charge < -0.3 is 19.8 Å². The zero-order valence-electron chi connectivity index (χ0n) is 16.2. The summed E-state index contributed by atoms with van der Waals surface area (Å²) in [6.07, 6.45) is 1.25. The number of aromatic nitrogens is 1. The number of halogens is 3. The molecule has 7 nitrogen and oxygen atoms in total. The molecule has 0 atom stereocenters. The summed E-state index contributed by atoms with van der Waals surface area (Å²) in [5.41, 5.74) is 1.49. The van der Waals surface area contributed by atoms with E-state index in [0.717, 1.165) is 0 Å². The van der Waals surface area contributed by atoms with Crippen LogP contribution in [-0.2, 0) is 11.2 Å². The van der Waals surface area contributed by atoms with Gasteiger partial charge in [0.1, 0.15) is 17.8 Å². The van der Waals surface area contributed by atoms with Crippen molar-refractivity contribution in [3.05, 3.63) is 81.4 Å². The second kappa shape index (κ2) is 9.51. The summed E-state index contributed by atoms with van der Waals surface area (Å²) in [7, 11) is 0. The number of aryl methyl sites for hydroxylation is 1. The molecule has 1 aromatic heterocycles. The van der Waals surface area contributed by atoms with Crippen LogP contribution in [0.3, 0.4) is 0 Å². The number of nitrogens with two attached hydrogens (primary N) is 1. The quantitative estimate of drug-likeness (QED) is 0.169. The standard InChI is InChI=1S/C21H15Cl2FN4O3/c1-11-17(10-29-28-11)12(2)30-19(27-26)7-14-3-4-18(23)21(20(14)24)31-16-6-13(9-25)5-15(22)8-16/h3-6,8,10H,2,7,26H2,1H3/b27-19-. The maximum Gasteiger partial charge on any atom is 0.216 e. The molecule has 0 saturated heterocycles. The SMILES string of the molecule is C=C(O/C(Cc1ccc(Cl)c(Oc2cc(Cl)cc(C#N)c2)c1F)=N\N)c1conc1C. The predicted octanol–water partition coefficient (Wildman–Crippen LogP) is 5.60. The molecule has 1 heterocycles. The topological polar surface area (TPSA) is 107 Å².